The van der Waals surface area contributed by atoms with Crippen molar-refractivity contribution in [3.05, 3.63) is 30.1 Å². The first kappa shape index (κ1) is 11.9. The van der Waals surface area contributed by atoms with Crippen LogP contribution in [0.15, 0.2) is 24.5 Å². The van der Waals surface area contributed by atoms with Crippen molar-refractivity contribution in [2.75, 3.05) is 13.3 Å². The van der Waals surface area contributed by atoms with E-state index >= 15 is 0 Å². The number of hydrogen-bond acceptors (Lipinski definition) is 3. The van der Waals surface area contributed by atoms with E-state index in [0.717, 1.165) is 17.8 Å². The molecule has 0 unspecified atom stereocenters. The lowest BCUT2D eigenvalue weighted by atomic mass is 10.2. The fourth-order valence-corrected chi connectivity index (χ4v) is 3.23. The summed E-state index contributed by atoms with van der Waals surface area (Å²) in [6.45, 7) is 1.03. The minimum Gasteiger partial charge on any atom is -0.299 e. The monoisotopic (exact) mass is 236 g/mol. The molecule has 2 nitrogen and oxygen atoms in total. The van der Waals surface area contributed by atoms with Gasteiger partial charge in [0, 0.05) is 30.2 Å². The van der Waals surface area contributed by atoms with Gasteiger partial charge in [-0.25, -0.2) is 0 Å². The third-order valence-electron chi connectivity index (χ3n) is 3.47. The van der Waals surface area contributed by atoms with Crippen LogP contribution in [0.3, 0.4) is 0 Å². The van der Waals surface area contributed by atoms with Gasteiger partial charge in [-0.2, -0.15) is 11.8 Å². The number of rotatable bonds is 4. The highest BCUT2D eigenvalue weighted by Crippen LogP contribution is 2.31. The molecule has 1 saturated carbocycles. The average molecular weight is 236 g/mol. The lowest BCUT2D eigenvalue weighted by Crippen LogP contribution is -2.29. The maximum atomic E-state index is 4.16. The first-order valence-corrected chi connectivity index (χ1v) is 7.20. The highest BCUT2D eigenvalue weighted by molar-refractivity contribution is 7.99. The number of aromatic nitrogens is 1. The van der Waals surface area contributed by atoms with Crippen molar-refractivity contribution in [2.24, 2.45) is 0 Å². The zero-order chi connectivity index (χ0) is 11.4. The minimum atomic E-state index is 0.762. The van der Waals surface area contributed by atoms with Crippen LogP contribution in [0, 0.1) is 0 Å². The van der Waals surface area contributed by atoms with E-state index in [0.29, 0.717) is 0 Å². The molecule has 0 saturated heterocycles. The van der Waals surface area contributed by atoms with Gasteiger partial charge in [-0.15, -0.1) is 0 Å². The second-order valence-corrected chi connectivity index (χ2v) is 5.74. The number of pyridine rings is 1. The largest absolute Gasteiger partial charge is 0.299 e. The van der Waals surface area contributed by atoms with Crippen molar-refractivity contribution >= 4 is 11.8 Å². The van der Waals surface area contributed by atoms with Gasteiger partial charge in [-0.1, -0.05) is 6.07 Å². The third-order valence-corrected chi connectivity index (χ3v) is 4.56. The molecular formula is C13H20N2S. The Morgan fingerprint density at radius 3 is 3.00 bits per heavy atom. The molecule has 16 heavy (non-hydrogen) atoms. The van der Waals surface area contributed by atoms with Gasteiger partial charge >= 0.3 is 0 Å². The minimum absolute atomic E-state index is 0.762. The summed E-state index contributed by atoms with van der Waals surface area (Å²) in [5.74, 6) is 0. The summed E-state index contributed by atoms with van der Waals surface area (Å²) >= 11 is 2.02. The van der Waals surface area contributed by atoms with Crippen LogP contribution in [-0.4, -0.2) is 34.5 Å². The highest BCUT2D eigenvalue weighted by Gasteiger charge is 2.26. The standard InChI is InChI=1S/C13H20N2S/c1-15(10-11-4-3-7-14-9-11)12-5-6-13(8-12)16-2/h3-4,7,9,12-13H,5-6,8,10H2,1-2H3/t12-,13+/m0/s1. The van der Waals surface area contributed by atoms with Crippen LogP contribution >= 0.6 is 11.8 Å². The van der Waals surface area contributed by atoms with Gasteiger partial charge in [0.2, 0.25) is 0 Å². The Balaban J connectivity index is 1.87. The lowest BCUT2D eigenvalue weighted by Gasteiger charge is -2.24. The molecule has 1 aromatic rings. The molecule has 1 aliphatic rings. The van der Waals surface area contributed by atoms with Crippen LogP contribution in [0.5, 0.6) is 0 Å². The van der Waals surface area contributed by atoms with Gasteiger partial charge in [0.25, 0.3) is 0 Å². The summed E-state index contributed by atoms with van der Waals surface area (Å²) in [5.41, 5.74) is 1.32. The summed E-state index contributed by atoms with van der Waals surface area (Å²) in [6.07, 6.45) is 10.1. The maximum absolute atomic E-state index is 4.16. The smallest absolute Gasteiger partial charge is 0.0312 e. The van der Waals surface area contributed by atoms with Gasteiger partial charge in [-0.05, 0) is 44.2 Å². The third kappa shape index (κ3) is 2.98. The van der Waals surface area contributed by atoms with Crippen LogP contribution < -0.4 is 0 Å². The molecule has 0 spiro atoms. The molecule has 0 aromatic carbocycles. The van der Waals surface area contributed by atoms with E-state index < -0.39 is 0 Å². The van der Waals surface area contributed by atoms with E-state index in [-0.39, 0.29) is 0 Å². The molecule has 88 valence electrons. The molecule has 0 aliphatic heterocycles. The Morgan fingerprint density at radius 1 is 1.50 bits per heavy atom. The maximum Gasteiger partial charge on any atom is 0.0312 e. The van der Waals surface area contributed by atoms with Crippen LogP contribution in [0.1, 0.15) is 24.8 Å². The zero-order valence-electron chi connectivity index (χ0n) is 10.1. The zero-order valence-corrected chi connectivity index (χ0v) is 10.9. The fraction of sp³-hybridized carbons (Fsp3) is 0.615. The van der Waals surface area contributed by atoms with Gasteiger partial charge in [-0.3, -0.25) is 9.88 Å². The second kappa shape index (κ2) is 5.69. The molecule has 2 rings (SSSR count). The van der Waals surface area contributed by atoms with E-state index in [1.54, 1.807) is 0 Å². The first-order valence-electron chi connectivity index (χ1n) is 5.91. The highest BCUT2D eigenvalue weighted by atomic mass is 32.2. The van der Waals surface area contributed by atoms with Crippen molar-refractivity contribution in [1.29, 1.82) is 0 Å². The first-order chi connectivity index (χ1) is 7.79. The van der Waals surface area contributed by atoms with Gasteiger partial charge in [0.15, 0.2) is 0 Å². The van der Waals surface area contributed by atoms with E-state index in [1.807, 2.05) is 30.2 Å². The van der Waals surface area contributed by atoms with E-state index in [2.05, 4.69) is 29.3 Å². The summed E-state index contributed by atoms with van der Waals surface area (Å²) in [4.78, 5) is 6.64. The summed E-state index contributed by atoms with van der Waals surface area (Å²) in [5, 5.41) is 0.876. The van der Waals surface area contributed by atoms with Crippen LogP contribution in [0.2, 0.25) is 0 Å². The predicted molar refractivity (Wildman–Crippen MR) is 70.6 cm³/mol. The van der Waals surface area contributed by atoms with Crippen molar-refractivity contribution in [1.82, 2.24) is 9.88 Å². The lowest BCUT2D eigenvalue weighted by molar-refractivity contribution is 0.237. The number of thioether (sulfide) groups is 1. The normalized spacial score (nSPS) is 25.2. The number of hydrogen-bond donors (Lipinski definition) is 0. The van der Waals surface area contributed by atoms with Gasteiger partial charge < -0.3 is 0 Å². The molecule has 2 atom stereocenters. The Morgan fingerprint density at radius 2 is 2.38 bits per heavy atom. The Kier molecular flexibility index (Phi) is 4.24. The Hall–Kier alpha value is -0.540. The second-order valence-electron chi connectivity index (χ2n) is 4.60. The van der Waals surface area contributed by atoms with Crippen molar-refractivity contribution in [3.63, 3.8) is 0 Å². The predicted octanol–water partition coefficient (Wildman–Crippen LogP) is 2.80. The quantitative estimate of drug-likeness (QED) is 0.799. The molecule has 1 heterocycles. The average Bonchev–Trinajstić information content (AvgIpc) is 2.79. The molecule has 0 amide bonds. The molecule has 0 radical (unpaired) electrons. The van der Waals surface area contributed by atoms with Crippen LogP contribution in [0.4, 0.5) is 0 Å². The molecular weight excluding hydrogens is 216 g/mol. The van der Waals surface area contributed by atoms with Crippen molar-refractivity contribution in [2.45, 2.75) is 37.1 Å². The van der Waals surface area contributed by atoms with Crippen molar-refractivity contribution in [3.8, 4) is 0 Å². The Bertz CT molecular complexity index is 315. The van der Waals surface area contributed by atoms with Crippen LogP contribution in [0.25, 0.3) is 0 Å². The van der Waals surface area contributed by atoms with Gasteiger partial charge in [0.1, 0.15) is 0 Å². The topological polar surface area (TPSA) is 16.1 Å². The summed E-state index contributed by atoms with van der Waals surface area (Å²) in [7, 11) is 2.24. The summed E-state index contributed by atoms with van der Waals surface area (Å²) in [6, 6.07) is 4.94. The van der Waals surface area contributed by atoms with E-state index in [4.69, 9.17) is 0 Å². The molecule has 1 aliphatic carbocycles. The van der Waals surface area contributed by atoms with E-state index in [9.17, 15) is 0 Å². The number of nitrogens with zero attached hydrogens (tertiary/aromatic N) is 2. The van der Waals surface area contributed by atoms with Gasteiger partial charge in [0.05, 0.1) is 0 Å². The van der Waals surface area contributed by atoms with Crippen molar-refractivity contribution < 1.29 is 0 Å². The molecule has 0 N–H and O–H groups in total. The van der Waals surface area contributed by atoms with E-state index in [1.165, 1.54) is 24.8 Å². The SMILES string of the molecule is CS[C@@H]1CC[C@H](N(C)Cc2cccnc2)C1. The molecule has 3 heteroatoms. The Labute approximate surface area is 102 Å². The fourth-order valence-electron chi connectivity index (χ4n) is 2.44. The summed E-state index contributed by atoms with van der Waals surface area (Å²) < 4.78 is 0. The molecule has 0 bridgehead atoms. The van der Waals surface area contributed by atoms with Crippen LogP contribution in [-0.2, 0) is 6.54 Å². The molecule has 1 fully saturated rings. The molecule has 1 aromatic heterocycles.